The Bertz CT molecular complexity index is 813. The summed E-state index contributed by atoms with van der Waals surface area (Å²) in [6, 6.07) is 8.45. The molecule has 4 atom stereocenters. The van der Waals surface area contributed by atoms with Crippen LogP contribution >= 0.6 is 0 Å². The molecule has 1 aliphatic heterocycles. The minimum Gasteiger partial charge on any atom is -0.508 e. The fourth-order valence-electron chi connectivity index (χ4n) is 2.88. The van der Waals surface area contributed by atoms with E-state index in [2.05, 4.69) is 0 Å². The largest absolute Gasteiger partial charge is 0.508 e. The Kier molecular flexibility index (Phi) is 8.01. The zero-order chi connectivity index (χ0) is 22.4. The van der Waals surface area contributed by atoms with Gasteiger partial charge >= 0.3 is 0 Å². The number of aromatic hydroxyl groups is 4. The van der Waals surface area contributed by atoms with E-state index < -0.39 is 41.7 Å². The van der Waals surface area contributed by atoms with Crippen molar-refractivity contribution in [3.63, 3.8) is 0 Å². The number of benzene rings is 2. The second-order valence-corrected chi connectivity index (χ2v) is 7.04. The zero-order valence-corrected chi connectivity index (χ0v) is 16.3. The quantitative estimate of drug-likeness (QED) is 0.353. The number of aryl methyl sites for hydroxylation is 1. The number of Topliss-reactive ketones (excluding diaryl/α,β-unsaturated/α-hetero) is 1. The molecule has 164 valence electrons. The average Bonchev–Trinajstić information content (AvgIpc) is 2.68. The predicted molar refractivity (Wildman–Crippen MR) is 106 cm³/mol. The van der Waals surface area contributed by atoms with Crippen LogP contribution in [0.1, 0.15) is 29.3 Å². The number of aliphatic hydroxyl groups excluding tert-OH is 3. The van der Waals surface area contributed by atoms with E-state index >= 15 is 0 Å². The van der Waals surface area contributed by atoms with Crippen molar-refractivity contribution in [2.24, 2.45) is 0 Å². The van der Waals surface area contributed by atoms with Crippen molar-refractivity contribution in [3.05, 3.63) is 47.5 Å². The van der Waals surface area contributed by atoms with Gasteiger partial charge < -0.3 is 40.5 Å². The monoisotopic (exact) mass is 422 g/mol. The molecule has 0 bridgehead atoms. The van der Waals surface area contributed by atoms with Gasteiger partial charge in [-0.3, -0.25) is 4.79 Å². The van der Waals surface area contributed by atoms with Gasteiger partial charge in [0.05, 0.1) is 12.7 Å². The minimum atomic E-state index is -1.07. The molecule has 1 unspecified atom stereocenters. The van der Waals surface area contributed by atoms with E-state index in [1.807, 2.05) is 0 Å². The number of hydrogen-bond acceptors (Lipinski definition) is 9. The highest BCUT2D eigenvalue weighted by atomic mass is 16.5. The van der Waals surface area contributed by atoms with E-state index in [1.165, 1.54) is 12.1 Å². The fraction of sp³-hybridized carbons (Fsp3) is 0.381. The highest BCUT2D eigenvalue weighted by Crippen LogP contribution is 2.33. The fourth-order valence-corrected chi connectivity index (χ4v) is 2.88. The average molecular weight is 422 g/mol. The molecule has 9 nitrogen and oxygen atoms in total. The van der Waals surface area contributed by atoms with Crippen LogP contribution in [0.5, 0.6) is 23.0 Å². The highest BCUT2D eigenvalue weighted by Gasteiger charge is 2.34. The van der Waals surface area contributed by atoms with Crippen LogP contribution in [0.3, 0.4) is 0 Å². The van der Waals surface area contributed by atoms with Crippen LogP contribution in [-0.4, -0.2) is 72.6 Å². The normalized spacial score (nSPS) is 23.3. The molecule has 0 aromatic heterocycles. The molecule has 3 rings (SSSR count). The summed E-state index contributed by atoms with van der Waals surface area (Å²) in [5, 5.41) is 64.6. The molecule has 2 aromatic carbocycles. The Morgan fingerprint density at radius 2 is 1.50 bits per heavy atom. The summed E-state index contributed by atoms with van der Waals surface area (Å²) in [5.74, 6) is -1.48. The maximum Gasteiger partial charge on any atom is 0.170 e. The number of ether oxygens (including phenoxy) is 1. The van der Waals surface area contributed by atoms with Crippen molar-refractivity contribution in [1.82, 2.24) is 0 Å². The van der Waals surface area contributed by atoms with Gasteiger partial charge in [0.25, 0.3) is 0 Å². The lowest BCUT2D eigenvalue weighted by molar-refractivity contribution is -0.181. The number of ketones is 1. The Labute approximate surface area is 173 Å². The van der Waals surface area contributed by atoms with Crippen molar-refractivity contribution in [1.29, 1.82) is 0 Å². The standard InChI is InChI=1S/C15H14O5.C6H12O4/c16-10-4-1-9(2-5-10)3-6-12(18)15-13(19)7-11(17)8-14(15)20;1-3-5(8)6(9)4(7)2-10-3/h1-2,4-5,7-8,16-17,19-20H,3,6H2;3-9H,2H2,1H3/t;3?,4-,5-,6-/m.1/s1. The van der Waals surface area contributed by atoms with Crippen molar-refractivity contribution in [2.45, 2.75) is 44.2 Å². The summed E-state index contributed by atoms with van der Waals surface area (Å²) in [6.45, 7) is 1.75. The van der Waals surface area contributed by atoms with Crippen LogP contribution in [0.15, 0.2) is 36.4 Å². The van der Waals surface area contributed by atoms with Gasteiger partial charge in [-0.1, -0.05) is 12.1 Å². The molecule has 9 heteroatoms. The maximum atomic E-state index is 12.0. The number of phenolic OH excluding ortho intramolecular Hbond substituents is 4. The molecular weight excluding hydrogens is 396 g/mol. The number of carbonyl (C=O) groups excluding carboxylic acids is 1. The summed E-state index contributed by atoms with van der Waals surface area (Å²) < 4.78 is 4.91. The first-order valence-electron chi connectivity index (χ1n) is 9.32. The summed E-state index contributed by atoms with van der Waals surface area (Å²) in [7, 11) is 0. The van der Waals surface area contributed by atoms with Gasteiger partial charge in [0, 0.05) is 18.6 Å². The third-order valence-corrected chi connectivity index (χ3v) is 4.69. The first-order chi connectivity index (χ1) is 14.1. The van der Waals surface area contributed by atoms with Gasteiger partial charge in [-0.2, -0.15) is 0 Å². The molecule has 30 heavy (non-hydrogen) atoms. The van der Waals surface area contributed by atoms with Crippen LogP contribution in [0.4, 0.5) is 0 Å². The highest BCUT2D eigenvalue weighted by molar-refractivity contribution is 6.01. The number of rotatable bonds is 4. The van der Waals surface area contributed by atoms with Crippen LogP contribution in [0.25, 0.3) is 0 Å². The number of carbonyl (C=O) groups is 1. The molecule has 1 fully saturated rings. The van der Waals surface area contributed by atoms with Gasteiger partial charge in [-0.05, 0) is 31.0 Å². The topological polar surface area (TPSA) is 168 Å². The van der Waals surface area contributed by atoms with E-state index in [-0.39, 0.29) is 30.1 Å². The van der Waals surface area contributed by atoms with E-state index in [4.69, 9.17) is 25.2 Å². The van der Waals surface area contributed by atoms with E-state index in [0.717, 1.165) is 17.7 Å². The second kappa shape index (κ2) is 10.3. The summed E-state index contributed by atoms with van der Waals surface area (Å²) >= 11 is 0. The lowest BCUT2D eigenvalue weighted by atomic mass is 10.0. The van der Waals surface area contributed by atoms with Crippen LogP contribution < -0.4 is 0 Å². The number of aliphatic hydroxyl groups is 3. The Hall–Kier alpha value is -2.85. The van der Waals surface area contributed by atoms with Gasteiger partial charge in [0.1, 0.15) is 46.9 Å². The molecule has 1 saturated heterocycles. The minimum absolute atomic E-state index is 0.0939. The zero-order valence-electron chi connectivity index (χ0n) is 16.3. The molecule has 1 aliphatic rings. The number of hydrogen-bond donors (Lipinski definition) is 7. The van der Waals surface area contributed by atoms with Crippen molar-refractivity contribution >= 4 is 5.78 Å². The number of phenols is 4. The van der Waals surface area contributed by atoms with Crippen molar-refractivity contribution in [3.8, 4) is 23.0 Å². The molecule has 1 heterocycles. The Morgan fingerprint density at radius 1 is 0.933 bits per heavy atom. The molecule has 2 aromatic rings. The van der Waals surface area contributed by atoms with Gasteiger partial charge in [0.15, 0.2) is 5.78 Å². The molecule has 0 radical (unpaired) electrons. The van der Waals surface area contributed by atoms with E-state index in [0.29, 0.717) is 6.42 Å². The summed E-state index contributed by atoms with van der Waals surface area (Å²) in [5.41, 5.74) is 0.662. The van der Waals surface area contributed by atoms with Gasteiger partial charge in [-0.25, -0.2) is 0 Å². The smallest absolute Gasteiger partial charge is 0.170 e. The van der Waals surface area contributed by atoms with Crippen molar-refractivity contribution < 1.29 is 45.3 Å². The molecule has 7 N–H and O–H groups in total. The Morgan fingerprint density at radius 3 is 2.03 bits per heavy atom. The lowest BCUT2D eigenvalue weighted by Gasteiger charge is -2.33. The van der Waals surface area contributed by atoms with Gasteiger partial charge in [0.2, 0.25) is 0 Å². The van der Waals surface area contributed by atoms with Crippen LogP contribution in [0, 0.1) is 0 Å². The third kappa shape index (κ3) is 6.07. The van der Waals surface area contributed by atoms with Crippen LogP contribution in [-0.2, 0) is 11.2 Å². The van der Waals surface area contributed by atoms with E-state index in [9.17, 15) is 20.1 Å². The molecule has 0 aliphatic carbocycles. The Balaban J connectivity index is 0.000000269. The van der Waals surface area contributed by atoms with Crippen LogP contribution in [0.2, 0.25) is 0 Å². The first-order valence-corrected chi connectivity index (χ1v) is 9.32. The summed E-state index contributed by atoms with van der Waals surface area (Å²) in [6.07, 6.45) is -2.87. The molecule has 0 spiro atoms. The first kappa shape index (κ1) is 23.4. The summed E-state index contributed by atoms with van der Waals surface area (Å²) in [4.78, 5) is 12.0. The van der Waals surface area contributed by atoms with E-state index in [1.54, 1.807) is 19.1 Å². The predicted octanol–water partition coefficient (Wildman–Crippen LogP) is 0.812. The third-order valence-electron chi connectivity index (χ3n) is 4.69. The van der Waals surface area contributed by atoms with Gasteiger partial charge in [-0.15, -0.1) is 0 Å². The maximum absolute atomic E-state index is 12.0. The lowest BCUT2D eigenvalue weighted by Crippen LogP contribution is -2.51. The molecular formula is C21H26O9. The molecule has 0 amide bonds. The molecule has 0 saturated carbocycles. The second-order valence-electron chi connectivity index (χ2n) is 7.04. The SMILES string of the molecule is CC1OC[C@@H](O)[C@@H](O)[C@@H]1O.O=C(CCc1ccc(O)cc1)c1c(O)cc(O)cc1O. The van der Waals surface area contributed by atoms with Crippen molar-refractivity contribution in [2.75, 3.05) is 6.61 Å².